The van der Waals surface area contributed by atoms with Gasteiger partial charge in [0.15, 0.2) is 0 Å². The van der Waals surface area contributed by atoms with Crippen molar-refractivity contribution in [3.63, 3.8) is 0 Å². The quantitative estimate of drug-likeness (QED) is 0.184. The Morgan fingerprint density at radius 3 is 1.55 bits per heavy atom. The first-order valence-corrected chi connectivity index (χ1v) is 18.3. The minimum absolute atomic E-state index is 0.585. The van der Waals surface area contributed by atoms with Crippen molar-refractivity contribution in [2.24, 2.45) is 0 Å². The van der Waals surface area contributed by atoms with E-state index in [9.17, 15) is 10.5 Å². The number of aromatic nitrogens is 3. The SMILES string of the molecule is N#Cc1ccc2c(c1)c1ccccc1n2-c1ccccc1-c1ccc(-n2c3ccccc3c3c(-n4c5ccccc5c5ccccc54)cccc32)cc1C#N. The minimum Gasteiger partial charge on any atom is -0.309 e. The van der Waals surface area contributed by atoms with Crippen LogP contribution in [0.15, 0.2) is 176 Å². The lowest BCUT2D eigenvalue weighted by Gasteiger charge is -2.16. The summed E-state index contributed by atoms with van der Waals surface area (Å²) in [5, 5.41) is 27.4. The molecule has 3 aromatic heterocycles. The van der Waals surface area contributed by atoms with Gasteiger partial charge in [0, 0.05) is 49.1 Å². The third-order valence-corrected chi connectivity index (χ3v) is 11.1. The summed E-state index contributed by atoms with van der Waals surface area (Å²) in [6.07, 6.45) is 0. The van der Waals surface area contributed by atoms with Crippen molar-refractivity contribution in [3.05, 3.63) is 187 Å². The molecule has 0 aliphatic heterocycles. The number of benzene rings is 8. The molecule has 0 atom stereocenters. The smallest absolute Gasteiger partial charge is 0.0998 e. The van der Waals surface area contributed by atoms with Crippen LogP contribution in [0.1, 0.15) is 11.1 Å². The number of para-hydroxylation sites is 5. The molecular formula is C50H29N5. The molecule has 5 nitrogen and oxygen atoms in total. The van der Waals surface area contributed by atoms with Crippen LogP contribution >= 0.6 is 0 Å². The first kappa shape index (κ1) is 30.7. The van der Waals surface area contributed by atoms with Gasteiger partial charge in [-0.15, -0.1) is 0 Å². The Labute approximate surface area is 316 Å². The molecule has 0 radical (unpaired) electrons. The summed E-state index contributed by atoms with van der Waals surface area (Å²) in [7, 11) is 0. The van der Waals surface area contributed by atoms with E-state index in [0.29, 0.717) is 11.1 Å². The molecule has 8 aromatic carbocycles. The Bertz CT molecular complexity index is 3420. The van der Waals surface area contributed by atoms with Crippen LogP contribution in [0.2, 0.25) is 0 Å². The lowest BCUT2D eigenvalue weighted by Crippen LogP contribution is -2.00. The number of hydrogen-bond donors (Lipinski definition) is 0. The molecule has 0 aliphatic rings. The molecule has 3 heterocycles. The molecule has 55 heavy (non-hydrogen) atoms. The molecular weight excluding hydrogens is 671 g/mol. The van der Waals surface area contributed by atoms with Crippen LogP contribution in [0.3, 0.4) is 0 Å². The third-order valence-electron chi connectivity index (χ3n) is 11.1. The Kier molecular flexibility index (Phi) is 6.61. The van der Waals surface area contributed by atoms with E-state index in [1.165, 1.54) is 10.8 Å². The molecule has 11 rings (SSSR count). The second-order valence-electron chi connectivity index (χ2n) is 13.9. The summed E-state index contributed by atoms with van der Waals surface area (Å²) in [5.41, 5.74) is 12.5. The summed E-state index contributed by atoms with van der Waals surface area (Å²) in [6, 6.07) is 65.8. The molecule has 0 aliphatic carbocycles. The Morgan fingerprint density at radius 2 is 0.873 bits per heavy atom. The van der Waals surface area contributed by atoms with E-state index in [1.54, 1.807) is 0 Å². The van der Waals surface area contributed by atoms with E-state index >= 15 is 0 Å². The highest BCUT2D eigenvalue weighted by molar-refractivity contribution is 6.16. The molecule has 0 saturated carbocycles. The maximum absolute atomic E-state index is 10.8. The lowest BCUT2D eigenvalue weighted by atomic mass is 9.97. The van der Waals surface area contributed by atoms with E-state index in [1.807, 2.05) is 48.5 Å². The van der Waals surface area contributed by atoms with Crippen molar-refractivity contribution in [3.8, 4) is 40.3 Å². The van der Waals surface area contributed by atoms with Gasteiger partial charge in [0.05, 0.1) is 67.7 Å². The molecule has 11 aromatic rings. The molecule has 0 saturated heterocycles. The number of fused-ring (bicyclic) bond motifs is 9. The highest BCUT2D eigenvalue weighted by Gasteiger charge is 2.21. The fourth-order valence-electron chi connectivity index (χ4n) is 8.84. The van der Waals surface area contributed by atoms with Crippen LogP contribution in [0.25, 0.3) is 93.6 Å². The summed E-state index contributed by atoms with van der Waals surface area (Å²) < 4.78 is 6.93. The van der Waals surface area contributed by atoms with Gasteiger partial charge in [-0.25, -0.2) is 0 Å². The van der Waals surface area contributed by atoms with Crippen LogP contribution in [0, 0.1) is 22.7 Å². The maximum Gasteiger partial charge on any atom is 0.0998 e. The van der Waals surface area contributed by atoms with Crippen LogP contribution in [0.5, 0.6) is 0 Å². The van der Waals surface area contributed by atoms with Gasteiger partial charge in [-0.1, -0.05) is 103 Å². The summed E-state index contributed by atoms with van der Waals surface area (Å²) in [5.74, 6) is 0. The van der Waals surface area contributed by atoms with Gasteiger partial charge in [0.1, 0.15) is 0 Å². The fourth-order valence-corrected chi connectivity index (χ4v) is 8.84. The van der Waals surface area contributed by atoms with Gasteiger partial charge in [-0.3, -0.25) is 0 Å². The maximum atomic E-state index is 10.8. The number of hydrogen-bond acceptors (Lipinski definition) is 2. The number of rotatable bonds is 4. The normalized spacial score (nSPS) is 11.6. The van der Waals surface area contributed by atoms with Crippen LogP contribution in [0.4, 0.5) is 0 Å². The van der Waals surface area contributed by atoms with Crippen LogP contribution in [-0.4, -0.2) is 13.7 Å². The third kappa shape index (κ3) is 4.39. The van der Waals surface area contributed by atoms with Gasteiger partial charge < -0.3 is 13.7 Å². The van der Waals surface area contributed by atoms with E-state index in [0.717, 1.165) is 82.8 Å². The predicted molar refractivity (Wildman–Crippen MR) is 224 cm³/mol. The highest BCUT2D eigenvalue weighted by Crippen LogP contribution is 2.42. The van der Waals surface area contributed by atoms with Gasteiger partial charge in [0.25, 0.3) is 0 Å². The summed E-state index contributed by atoms with van der Waals surface area (Å²) >= 11 is 0. The molecule has 0 N–H and O–H groups in total. The Balaban J connectivity index is 1.13. The van der Waals surface area contributed by atoms with Crippen molar-refractivity contribution in [1.29, 1.82) is 10.5 Å². The molecule has 0 fully saturated rings. The second kappa shape index (κ2) is 11.8. The first-order chi connectivity index (χ1) is 27.2. The monoisotopic (exact) mass is 699 g/mol. The van der Waals surface area contributed by atoms with Gasteiger partial charge >= 0.3 is 0 Å². The fraction of sp³-hybridized carbons (Fsp3) is 0. The second-order valence-corrected chi connectivity index (χ2v) is 13.9. The average molecular weight is 700 g/mol. The molecule has 254 valence electrons. The van der Waals surface area contributed by atoms with Crippen molar-refractivity contribution in [2.45, 2.75) is 0 Å². The van der Waals surface area contributed by atoms with E-state index in [-0.39, 0.29) is 0 Å². The standard InChI is InChI=1S/C50H29N5/c51-30-32-24-27-47-41(28-32)39-15-4-9-20-45(39)54(47)42-17-6-1-12-36(42)35-26-25-34(29-33(35)31-52)53-46-21-10-5-16-40(46)50-48(53)22-11-23-49(50)55-43-18-7-2-13-37(43)38-14-3-8-19-44(38)55/h1-29H. The zero-order chi connectivity index (χ0) is 36.6. The van der Waals surface area contributed by atoms with Gasteiger partial charge in [0.2, 0.25) is 0 Å². The highest BCUT2D eigenvalue weighted by atomic mass is 15.0. The van der Waals surface area contributed by atoms with E-state index < -0.39 is 0 Å². The zero-order valence-corrected chi connectivity index (χ0v) is 29.5. The molecule has 0 amide bonds. The Morgan fingerprint density at radius 1 is 0.345 bits per heavy atom. The number of nitriles is 2. The van der Waals surface area contributed by atoms with Crippen molar-refractivity contribution in [2.75, 3.05) is 0 Å². The molecule has 0 bridgehead atoms. The topological polar surface area (TPSA) is 62.4 Å². The van der Waals surface area contributed by atoms with E-state index in [2.05, 4.69) is 153 Å². The van der Waals surface area contributed by atoms with Gasteiger partial charge in [-0.2, -0.15) is 10.5 Å². The largest absolute Gasteiger partial charge is 0.309 e. The lowest BCUT2D eigenvalue weighted by molar-refractivity contribution is 1.16. The summed E-state index contributed by atoms with van der Waals surface area (Å²) in [6.45, 7) is 0. The zero-order valence-electron chi connectivity index (χ0n) is 29.5. The molecule has 0 unspecified atom stereocenters. The Hall–Kier alpha value is -7.86. The van der Waals surface area contributed by atoms with Crippen LogP contribution in [-0.2, 0) is 0 Å². The average Bonchev–Trinajstić information content (AvgIpc) is 3.89. The van der Waals surface area contributed by atoms with Gasteiger partial charge in [-0.05, 0) is 72.8 Å². The molecule has 0 spiro atoms. The minimum atomic E-state index is 0.585. The van der Waals surface area contributed by atoms with E-state index in [4.69, 9.17) is 0 Å². The first-order valence-electron chi connectivity index (χ1n) is 18.3. The number of nitrogens with zero attached hydrogens (tertiary/aromatic N) is 5. The van der Waals surface area contributed by atoms with Crippen molar-refractivity contribution < 1.29 is 0 Å². The van der Waals surface area contributed by atoms with Crippen LogP contribution < -0.4 is 0 Å². The van der Waals surface area contributed by atoms with Crippen molar-refractivity contribution in [1.82, 2.24) is 13.7 Å². The predicted octanol–water partition coefficient (Wildman–Crippen LogP) is 12.4. The molecule has 5 heteroatoms. The summed E-state index contributed by atoms with van der Waals surface area (Å²) in [4.78, 5) is 0. The van der Waals surface area contributed by atoms with Crippen molar-refractivity contribution >= 4 is 65.4 Å².